The molecule has 3 rings (SSSR count). The van der Waals surface area contributed by atoms with E-state index in [-0.39, 0.29) is 5.54 Å². The molecular weight excluding hydrogens is 418 g/mol. The average molecular weight is 454 g/mol. The number of nitrogens with one attached hydrogen (secondary N) is 2. The lowest BCUT2D eigenvalue weighted by atomic mass is 9.98. The summed E-state index contributed by atoms with van der Waals surface area (Å²) in [6.45, 7) is 5.28. The summed E-state index contributed by atoms with van der Waals surface area (Å²) >= 11 is 0. The van der Waals surface area contributed by atoms with Crippen molar-refractivity contribution in [2.24, 2.45) is 11.5 Å². The summed E-state index contributed by atoms with van der Waals surface area (Å²) in [4.78, 5) is 5.14. The molecule has 7 heteroatoms. The molecule has 1 aromatic heterocycles. The zero-order valence-corrected chi connectivity index (χ0v) is 19.9. The van der Waals surface area contributed by atoms with Crippen LogP contribution in [0.5, 0.6) is 0 Å². The van der Waals surface area contributed by atoms with Gasteiger partial charge in [0.05, 0.1) is 9.71 Å². The zero-order valence-electron chi connectivity index (χ0n) is 19.1. The van der Waals surface area contributed by atoms with Crippen LogP contribution in [0, 0.1) is 6.92 Å². The van der Waals surface area contributed by atoms with Gasteiger partial charge in [0.2, 0.25) is 0 Å². The Labute approximate surface area is 192 Å². The molecule has 1 aliphatic carbocycles. The first-order valence-corrected chi connectivity index (χ1v) is 12.7. The van der Waals surface area contributed by atoms with Gasteiger partial charge in [-0.25, -0.2) is 8.93 Å². The summed E-state index contributed by atoms with van der Waals surface area (Å²) in [5.41, 5.74) is 16.8. The van der Waals surface area contributed by atoms with Crippen molar-refractivity contribution in [2.75, 3.05) is 13.1 Å². The van der Waals surface area contributed by atoms with Crippen molar-refractivity contribution in [2.45, 2.75) is 50.0 Å². The molecule has 1 aromatic carbocycles. The number of nitrogens with two attached hydrogens (primary N) is 2. The van der Waals surface area contributed by atoms with Crippen LogP contribution in [0.4, 0.5) is 0 Å². The first kappa shape index (κ1) is 24.0. The van der Waals surface area contributed by atoms with Crippen LogP contribution >= 0.6 is 0 Å². The number of aryl methyl sites for hydroxylation is 1. The molecule has 0 aliphatic heterocycles. The molecule has 0 bridgehead atoms. The first-order chi connectivity index (χ1) is 15.2. The number of nitrogens with zero attached hydrogens (tertiary/aromatic N) is 1. The van der Waals surface area contributed by atoms with Crippen LogP contribution in [0.1, 0.15) is 43.9 Å². The highest BCUT2D eigenvalue weighted by molar-refractivity contribution is 7.98. The summed E-state index contributed by atoms with van der Waals surface area (Å²) in [5, 5.41) is 3.14. The largest absolute Gasteiger partial charge is 0.403 e. The standard InChI is InChI=1S/C25H35N5OS/c1-19(17-28-15-13-26)16-24-20(2)29-14-10-23(24)21-6-8-22(9-7-21)32(3,31)30-18-25(27)11-4-5-12-25/h6-10,13-16,28H,3-5,11-12,17-18,26-27H2,1-2H3,(H,30,31)/b15-13-,19-16+. The Balaban J connectivity index is 1.81. The molecule has 1 heterocycles. The minimum Gasteiger partial charge on any atom is -0.403 e. The van der Waals surface area contributed by atoms with E-state index in [4.69, 9.17) is 11.5 Å². The van der Waals surface area contributed by atoms with Crippen LogP contribution in [-0.4, -0.2) is 33.7 Å². The van der Waals surface area contributed by atoms with E-state index in [0.29, 0.717) is 18.0 Å². The minimum atomic E-state index is -2.61. The van der Waals surface area contributed by atoms with Gasteiger partial charge in [0.1, 0.15) is 0 Å². The molecule has 32 heavy (non-hydrogen) atoms. The molecule has 1 unspecified atom stereocenters. The number of aromatic nitrogens is 1. The molecule has 0 saturated heterocycles. The predicted octanol–water partition coefficient (Wildman–Crippen LogP) is 3.33. The van der Waals surface area contributed by atoms with Crippen molar-refractivity contribution >= 4 is 21.7 Å². The van der Waals surface area contributed by atoms with E-state index >= 15 is 0 Å². The van der Waals surface area contributed by atoms with Crippen molar-refractivity contribution in [1.82, 2.24) is 15.0 Å². The van der Waals surface area contributed by atoms with Crippen LogP contribution in [-0.2, 0) is 9.71 Å². The number of hydrogen-bond donors (Lipinski definition) is 4. The van der Waals surface area contributed by atoms with Crippen molar-refractivity contribution < 1.29 is 4.21 Å². The molecule has 1 aliphatic rings. The highest BCUT2D eigenvalue weighted by atomic mass is 32.2. The smallest absolute Gasteiger partial charge is 0.0533 e. The average Bonchev–Trinajstić information content (AvgIpc) is 3.21. The second-order valence-electron chi connectivity index (χ2n) is 8.68. The second-order valence-corrected chi connectivity index (χ2v) is 10.8. The van der Waals surface area contributed by atoms with E-state index < -0.39 is 9.71 Å². The number of rotatable bonds is 9. The van der Waals surface area contributed by atoms with Crippen LogP contribution in [0.25, 0.3) is 17.2 Å². The lowest BCUT2D eigenvalue weighted by Crippen LogP contribution is -2.47. The Morgan fingerprint density at radius 1 is 1.25 bits per heavy atom. The Morgan fingerprint density at radius 3 is 2.59 bits per heavy atom. The van der Waals surface area contributed by atoms with Crippen molar-refractivity contribution in [3.05, 3.63) is 65.8 Å². The molecule has 1 saturated carbocycles. The zero-order chi connectivity index (χ0) is 23.2. The lowest BCUT2D eigenvalue weighted by molar-refractivity contribution is 0.436. The van der Waals surface area contributed by atoms with Gasteiger partial charge in [-0.2, -0.15) is 0 Å². The maximum atomic E-state index is 13.2. The molecule has 1 atom stereocenters. The van der Waals surface area contributed by atoms with Gasteiger partial charge < -0.3 is 16.8 Å². The third-order valence-electron chi connectivity index (χ3n) is 5.98. The van der Waals surface area contributed by atoms with E-state index in [9.17, 15) is 4.21 Å². The molecule has 1 fully saturated rings. The molecule has 2 aromatic rings. The summed E-state index contributed by atoms with van der Waals surface area (Å²) < 4.78 is 16.3. The number of benzene rings is 1. The van der Waals surface area contributed by atoms with Crippen LogP contribution in [0.3, 0.4) is 0 Å². The van der Waals surface area contributed by atoms with Gasteiger partial charge in [-0.1, -0.05) is 36.6 Å². The molecule has 172 valence electrons. The van der Waals surface area contributed by atoms with E-state index in [2.05, 4.69) is 33.9 Å². The van der Waals surface area contributed by atoms with Crippen LogP contribution in [0.2, 0.25) is 0 Å². The fourth-order valence-electron chi connectivity index (χ4n) is 4.05. The lowest BCUT2D eigenvalue weighted by Gasteiger charge is -2.25. The van der Waals surface area contributed by atoms with Gasteiger partial charge in [0.15, 0.2) is 0 Å². The Bertz CT molecular complexity index is 1080. The Hall–Kier alpha value is -2.61. The SMILES string of the molecule is C=S(=O)(NCC1(N)CCCC1)c1ccc(-c2ccnc(C)c2/C=C(\C)CN/C=C\N)cc1. The number of pyridine rings is 1. The van der Waals surface area contributed by atoms with Crippen molar-refractivity contribution in [1.29, 1.82) is 0 Å². The molecular formula is C25H35N5OS. The van der Waals surface area contributed by atoms with E-state index in [1.165, 1.54) is 6.20 Å². The van der Waals surface area contributed by atoms with Gasteiger partial charge in [-0.3, -0.25) is 4.98 Å². The number of hydrogen-bond acceptors (Lipinski definition) is 5. The summed E-state index contributed by atoms with van der Waals surface area (Å²) in [6.07, 6.45) is 11.3. The van der Waals surface area contributed by atoms with Crippen molar-refractivity contribution in [3.63, 3.8) is 0 Å². The van der Waals surface area contributed by atoms with Gasteiger partial charge >= 0.3 is 0 Å². The van der Waals surface area contributed by atoms with E-state index in [1.807, 2.05) is 43.5 Å². The van der Waals surface area contributed by atoms with Crippen LogP contribution in [0.15, 0.2) is 59.4 Å². The molecule has 6 nitrogen and oxygen atoms in total. The maximum absolute atomic E-state index is 13.2. The highest BCUT2D eigenvalue weighted by Gasteiger charge is 2.29. The van der Waals surface area contributed by atoms with E-state index in [0.717, 1.165) is 53.6 Å². The second kappa shape index (κ2) is 10.3. The summed E-state index contributed by atoms with van der Waals surface area (Å²) in [7, 11) is -2.61. The molecule has 0 radical (unpaired) electrons. The summed E-state index contributed by atoms with van der Waals surface area (Å²) in [6, 6.07) is 9.77. The Morgan fingerprint density at radius 2 is 1.94 bits per heavy atom. The third kappa shape index (κ3) is 6.00. The van der Waals surface area contributed by atoms with Crippen molar-refractivity contribution in [3.8, 4) is 11.1 Å². The third-order valence-corrected chi connectivity index (χ3v) is 7.62. The normalized spacial score (nSPS) is 18.0. The van der Waals surface area contributed by atoms with Crippen LogP contribution < -0.4 is 21.5 Å². The minimum absolute atomic E-state index is 0.275. The molecule has 6 N–H and O–H groups in total. The van der Waals surface area contributed by atoms with E-state index in [1.54, 1.807) is 6.20 Å². The topological polar surface area (TPSA) is 106 Å². The van der Waals surface area contributed by atoms with Gasteiger partial charge in [-0.15, -0.1) is 0 Å². The predicted molar refractivity (Wildman–Crippen MR) is 136 cm³/mol. The molecule has 0 amide bonds. The fourth-order valence-corrected chi connectivity index (χ4v) is 5.31. The fraction of sp³-hybridized carbons (Fsp3) is 0.360. The van der Waals surface area contributed by atoms with Gasteiger partial charge in [0.25, 0.3) is 0 Å². The monoisotopic (exact) mass is 453 g/mol. The Kier molecular flexibility index (Phi) is 7.77. The van der Waals surface area contributed by atoms with Gasteiger partial charge in [-0.05, 0) is 61.9 Å². The first-order valence-electron chi connectivity index (χ1n) is 11.0. The van der Waals surface area contributed by atoms with Gasteiger partial charge in [0, 0.05) is 53.4 Å². The molecule has 0 spiro atoms. The highest BCUT2D eigenvalue weighted by Crippen LogP contribution is 2.29. The summed E-state index contributed by atoms with van der Waals surface area (Å²) in [5.74, 6) is 3.96. The quantitative estimate of drug-likeness (QED) is 0.436. The maximum Gasteiger partial charge on any atom is 0.0533 e.